The number of methoxy groups -OCH3 is 2. The van der Waals surface area contributed by atoms with E-state index in [1.807, 2.05) is 44.4 Å². The van der Waals surface area contributed by atoms with E-state index in [-0.39, 0.29) is 11.8 Å². The van der Waals surface area contributed by atoms with Gasteiger partial charge < -0.3 is 19.1 Å². The van der Waals surface area contributed by atoms with Crippen molar-refractivity contribution in [3.8, 4) is 5.75 Å². The number of ether oxygens (including phenoxy) is 3. The van der Waals surface area contributed by atoms with Gasteiger partial charge >= 0.3 is 0 Å². The molecule has 0 radical (unpaired) electrons. The van der Waals surface area contributed by atoms with Gasteiger partial charge in [0.15, 0.2) is 0 Å². The number of carbonyl (C=O) groups excluding carboxylic acids is 1. The van der Waals surface area contributed by atoms with Gasteiger partial charge in [0, 0.05) is 77.2 Å². The normalized spacial score (nSPS) is 29.7. The summed E-state index contributed by atoms with van der Waals surface area (Å²) in [5, 5.41) is -0.0649. The average molecular weight is 757 g/mol. The molecule has 0 unspecified atom stereocenters. The van der Waals surface area contributed by atoms with Crippen LogP contribution in [0.15, 0.2) is 48.6 Å². The Labute approximate surface area is 315 Å². The molecule has 2 bridgehead atoms. The number of allylic oxidation sites excluding steroid dienone is 1. The minimum Gasteiger partial charge on any atom is -0.487 e. The van der Waals surface area contributed by atoms with Crippen molar-refractivity contribution in [2.75, 3.05) is 78.1 Å². The molecule has 2 fully saturated rings. The summed E-state index contributed by atoms with van der Waals surface area (Å²) < 4.78 is 48.0. The van der Waals surface area contributed by atoms with E-state index < -0.39 is 26.8 Å². The standard InChI is InChI=1S/C40H57ClN4O6S/c1-29-8-7-16-40(50-4,28-44-20-18-43(19-21-44)22-23-49-3)36-14-11-33(36)26-45-17-6-5-9-31-24-35(41)13-10-34(31)27-51-38-15-12-32(25-37(38)45)39(46)42-52(47,48)30(29)2/h7,10,12-13,15-16,24-25,29-30,33,36H,5-6,8-9,11,14,17-23,26-28H2,1-4H3,(H,42,46)/b16-7+/t29-,30+,33-,36+,40+/m0/s1. The average Bonchev–Trinajstić information content (AvgIpc) is 3.15. The maximum absolute atomic E-state index is 13.6. The number of amides is 1. The maximum atomic E-state index is 13.6. The zero-order valence-corrected chi connectivity index (χ0v) is 32.9. The van der Waals surface area contributed by atoms with E-state index in [0.29, 0.717) is 35.3 Å². The van der Waals surface area contributed by atoms with Crippen LogP contribution in [0.2, 0.25) is 5.02 Å². The van der Waals surface area contributed by atoms with E-state index in [1.165, 1.54) is 5.56 Å². The van der Waals surface area contributed by atoms with Crippen molar-refractivity contribution < 1.29 is 27.4 Å². The number of sulfonamides is 1. The van der Waals surface area contributed by atoms with E-state index in [4.69, 9.17) is 25.8 Å². The van der Waals surface area contributed by atoms with Gasteiger partial charge in [0.1, 0.15) is 18.0 Å². The van der Waals surface area contributed by atoms with Gasteiger partial charge in [-0.2, -0.15) is 0 Å². The molecule has 5 atom stereocenters. The van der Waals surface area contributed by atoms with Crippen LogP contribution < -0.4 is 14.4 Å². The van der Waals surface area contributed by atoms with Crippen molar-refractivity contribution in [1.29, 1.82) is 0 Å². The van der Waals surface area contributed by atoms with E-state index in [9.17, 15) is 13.2 Å². The highest BCUT2D eigenvalue weighted by atomic mass is 35.5. The number of aryl methyl sites for hydroxylation is 1. The van der Waals surface area contributed by atoms with Crippen molar-refractivity contribution in [1.82, 2.24) is 14.5 Å². The summed E-state index contributed by atoms with van der Waals surface area (Å²) >= 11 is 6.40. The summed E-state index contributed by atoms with van der Waals surface area (Å²) in [5.74, 6) is 0.444. The lowest BCUT2D eigenvalue weighted by Gasteiger charge is -2.52. The Balaban J connectivity index is 1.35. The van der Waals surface area contributed by atoms with E-state index in [2.05, 4.69) is 31.6 Å². The number of nitrogens with zero attached hydrogens (tertiary/aromatic N) is 3. The summed E-state index contributed by atoms with van der Waals surface area (Å²) in [6.45, 7) is 11.9. The van der Waals surface area contributed by atoms with Crippen LogP contribution >= 0.6 is 11.6 Å². The first kappa shape index (κ1) is 39.0. The number of nitrogens with one attached hydrogen (secondary N) is 1. The maximum Gasteiger partial charge on any atom is 0.264 e. The lowest BCUT2D eigenvalue weighted by molar-refractivity contribution is -0.0956. The second-order valence-electron chi connectivity index (χ2n) is 15.3. The Bertz CT molecular complexity index is 1680. The predicted octanol–water partition coefficient (Wildman–Crippen LogP) is 5.78. The van der Waals surface area contributed by atoms with Crippen LogP contribution in [0.4, 0.5) is 5.69 Å². The van der Waals surface area contributed by atoms with Crippen LogP contribution in [0.5, 0.6) is 5.75 Å². The molecule has 4 aliphatic rings. The molecule has 1 amide bonds. The monoisotopic (exact) mass is 756 g/mol. The highest BCUT2D eigenvalue weighted by molar-refractivity contribution is 7.90. The van der Waals surface area contributed by atoms with Crippen LogP contribution in [0.25, 0.3) is 0 Å². The van der Waals surface area contributed by atoms with Crippen LogP contribution in [0.1, 0.15) is 67.4 Å². The van der Waals surface area contributed by atoms with Crippen LogP contribution in [-0.4, -0.2) is 108 Å². The number of hydrogen-bond acceptors (Lipinski definition) is 9. The lowest BCUT2D eigenvalue weighted by Crippen LogP contribution is -2.58. The number of halogens is 1. The minimum absolute atomic E-state index is 0.223. The second-order valence-corrected chi connectivity index (χ2v) is 17.8. The Morgan fingerprint density at radius 3 is 2.50 bits per heavy atom. The number of hydrogen-bond donors (Lipinski definition) is 1. The molecule has 6 rings (SSSR count). The van der Waals surface area contributed by atoms with Gasteiger partial charge in [-0.05, 0) is 105 Å². The van der Waals surface area contributed by atoms with Crippen molar-refractivity contribution in [3.05, 3.63) is 70.3 Å². The molecule has 1 saturated carbocycles. The SMILES string of the molecule is COCCN1CCN(C[C@]2(OC)/C=C/C[C@H](C)[C@@H](C)S(=O)(=O)NC(=O)c3ccc4c(c3)N(CCCCc3cc(Cl)ccc3CO4)C[C@@H]3CC[C@H]32)CC1. The van der Waals surface area contributed by atoms with Gasteiger partial charge in [0.05, 0.1) is 17.5 Å². The summed E-state index contributed by atoms with van der Waals surface area (Å²) in [6, 6.07) is 11.3. The summed E-state index contributed by atoms with van der Waals surface area (Å²) in [5.41, 5.74) is 2.86. The van der Waals surface area contributed by atoms with E-state index in [1.54, 1.807) is 20.1 Å². The molecular weight excluding hydrogens is 700 g/mol. The number of rotatable bonds is 6. The first-order chi connectivity index (χ1) is 25.0. The first-order valence-corrected chi connectivity index (χ1v) is 21.0. The molecule has 52 heavy (non-hydrogen) atoms. The molecule has 0 spiro atoms. The third kappa shape index (κ3) is 8.99. The molecule has 286 valence electrons. The molecule has 10 nitrogen and oxygen atoms in total. The minimum atomic E-state index is -3.96. The van der Waals surface area contributed by atoms with Gasteiger partial charge in [-0.25, -0.2) is 13.1 Å². The van der Waals surface area contributed by atoms with E-state index >= 15 is 0 Å². The van der Waals surface area contributed by atoms with Gasteiger partial charge in [-0.1, -0.05) is 36.7 Å². The van der Waals surface area contributed by atoms with Crippen LogP contribution in [-0.2, 0) is 32.5 Å². The van der Waals surface area contributed by atoms with Gasteiger partial charge in [0.2, 0.25) is 10.0 Å². The zero-order valence-electron chi connectivity index (χ0n) is 31.3. The Morgan fingerprint density at radius 2 is 1.77 bits per heavy atom. The lowest BCUT2D eigenvalue weighted by atomic mass is 9.63. The first-order valence-electron chi connectivity index (χ1n) is 19.0. The number of carbonyl (C=O) groups is 1. The van der Waals surface area contributed by atoms with Gasteiger partial charge in [-0.15, -0.1) is 0 Å². The van der Waals surface area contributed by atoms with Crippen molar-refractivity contribution in [3.63, 3.8) is 0 Å². The molecule has 1 saturated heterocycles. The smallest absolute Gasteiger partial charge is 0.264 e. The number of piperazine rings is 1. The largest absolute Gasteiger partial charge is 0.487 e. The molecule has 2 aromatic rings. The second kappa shape index (κ2) is 17.2. The molecule has 3 heterocycles. The summed E-state index contributed by atoms with van der Waals surface area (Å²) in [4.78, 5) is 21.0. The molecule has 2 aromatic carbocycles. The summed E-state index contributed by atoms with van der Waals surface area (Å²) in [7, 11) is -0.365. The Hall–Kier alpha value is -2.67. The van der Waals surface area contributed by atoms with E-state index in [0.717, 1.165) is 102 Å². The number of benzene rings is 2. The summed E-state index contributed by atoms with van der Waals surface area (Å²) in [6.07, 6.45) is 9.86. The quantitative estimate of drug-likeness (QED) is 0.368. The highest BCUT2D eigenvalue weighted by Gasteiger charge is 2.48. The van der Waals surface area contributed by atoms with Gasteiger partial charge in [-0.3, -0.25) is 14.6 Å². The molecule has 12 heteroatoms. The van der Waals surface area contributed by atoms with Gasteiger partial charge in [0.25, 0.3) is 5.91 Å². The molecule has 1 N–H and O–H groups in total. The fraction of sp³-hybridized carbons (Fsp3) is 0.625. The molecular formula is C40H57ClN4O6S. The molecule has 1 aliphatic carbocycles. The van der Waals surface area contributed by atoms with Crippen molar-refractivity contribution in [2.24, 2.45) is 17.8 Å². The van der Waals surface area contributed by atoms with Crippen molar-refractivity contribution >= 4 is 33.2 Å². The third-order valence-corrected chi connectivity index (χ3v) is 14.2. The number of anilines is 1. The third-order valence-electron chi connectivity index (χ3n) is 12.1. The zero-order chi connectivity index (χ0) is 36.9. The number of fused-ring (bicyclic) bond motifs is 3. The predicted molar refractivity (Wildman–Crippen MR) is 207 cm³/mol. The Morgan fingerprint density at radius 1 is 0.981 bits per heavy atom. The fourth-order valence-electron chi connectivity index (χ4n) is 8.37. The van der Waals surface area contributed by atoms with Crippen LogP contribution in [0.3, 0.4) is 0 Å². The van der Waals surface area contributed by atoms with Crippen LogP contribution in [0, 0.1) is 17.8 Å². The Kier molecular flexibility index (Phi) is 12.9. The highest BCUT2D eigenvalue weighted by Crippen LogP contribution is 2.47. The topological polar surface area (TPSA) is 101 Å². The fourth-order valence-corrected chi connectivity index (χ4v) is 9.85. The molecule has 3 aliphatic heterocycles. The molecule has 0 aromatic heterocycles. The van der Waals surface area contributed by atoms with Crippen molar-refractivity contribution in [2.45, 2.75) is 69.8 Å².